The number of ether oxygens (including phenoxy) is 1. The molecule has 12 aromatic carbocycles. The Morgan fingerprint density at radius 1 is 0.263 bits per heavy atom. The van der Waals surface area contributed by atoms with Crippen molar-refractivity contribution in [1.82, 2.24) is 32.8 Å². The number of aromatic nitrogens is 7. The van der Waals surface area contributed by atoms with Gasteiger partial charge in [0.1, 0.15) is 11.5 Å². The van der Waals surface area contributed by atoms with Crippen LogP contribution >= 0.6 is 0 Å². The van der Waals surface area contributed by atoms with Crippen LogP contribution in [0.1, 0.15) is 22.3 Å². The first-order chi connectivity index (χ1) is 47.0. The highest BCUT2D eigenvalue weighted by Gasteiger charge is 2.53. The summed E-state index contributed by atoms with van der Waals surface area (Å²) < 4.78 is 19.4. The van der Waals surface area contributed by atoms with E-state index in [4.69, 9.17) is 27.8 Å². The molecule has 1 spiro atoms. The van der Waals surface area contributed by atoms with Crippen molar-refractivity contribution >= 4 is 120 Å². The van der Waals surface area contributed by atoms with Crippen LogP contribution in [0, 0.1) is 13.1 Å². The van der Waals surface area contributed by atoms with Gasteiger partial charge < -0.3 is 27.6 Å². The van der Waals surface area contributed by atoms with Gasteiger partial charge in [0.05, 0.1) is 109 Å². The molecular weight excluding hydrogens is 1160 g/mol. The van der Waals surface area contributed by atoms with Crippen LogP contribution in [0.15, 0.2) is 285 Å². The second-order valence-electron chi connectivity index (χ2n) is 25.0. The Morgan fingerprint density at radius 2 is 0.547 bits per heavy atom. The number of hydrogen-bond donors (Lipinski definition) is 0. The van der Waals surface area contributed by atoms with Gasteiger partial charge in [-0.1, -0.05) is 152 Å². The van der Waals surface area contributed by atoms with Crippen molar-refractivity contribution in [3.8, 4) is 51.3 Å². The summed E-state index contributed by atoms with van der Waals surface area (Å²) in [6, 6.07) is 97.4. The maximum absolute atomic E-state index is 8.06. The zero-order chi connectivity index (χ0) is 62.4. The van der Waals surface area contributed by atoms with Crippen LogP contribution in [-0.2, 0) is 5.41 Å². The Kier molecular flexibility index (Phi) is 10.2. The molecule has 10 nitrogen and oxygen atoms in total. The highest BCUT2D eigenvalue weighted by atomic mass is 16.5. The lowest BCUT2D eigenvalue weighted by atomic mass is 9.66. The minimum atomic E-state index is -1.10. The monoisotopic (exact) mass is 1210 g/mol. The molecule has 7 aromatic heterocycles. The van der Waals surface area contributed by atoms with E-state index < -0.39 is 5.41 Å². The molecule has 2 aliphatic rings. The van der Waals surface area contributed by atoms with Gasteiger partial charge in [-0.25, -0.2) is 9.69 Å². The summed E-state index contributed by atoms with van der Waals surface area (Å²) in [5, 5.41) is 11.1. The minimum Gasteiger partial charge on any atom is -0.457 e. The van der Waals surface area contributed by atoms with Gasteiger partial charge in [0.2, 0.25) is 0 Å². The average molecular weight is 1210 g/mol. The molecule has 0 bridgehead atoms. The molecule has 0 amide bonds. The normalized spacial score (nSPS) is 14.0. The third-order valence-electron chi connectivity index (χ3n) is 20.4. The summed E-state index contributed by atoms with van der Waals surface area (Å²) in [4.78, 5) is 18.9. The zero-order valence-corrected chi connectivity index (χ0v) is 50.6. The fourth-order valence-electron chi connectivity index (χ4n) is 16.6. The number of pyridine rings is 2. The fourth-order valence-corrected chi connectivity index (χ4v) is 16.6. The predicted octanol–water partition coefficient (Wildman–Crippen LogP) is 21.5. The van der Waals surface area contributed by atoms with E-state index in [9.17, 15) is 0 Å². The van der Waals surface area contributed by atoms with Gasteiger partial charge in [0.25, 0.3) is 0 Å². The molecule has 19 aromatic rings. The number of rotatable bonds is 5. The van der Waals surface area contributed by atoms with Gasteiger partial charge in [-0.2, -0.15) is 0 Å². The van der Waals surface area contributed by atoms with E-state index in [2.05, 4.69) is 269 Å². The van der Waals surface area contributed by atoms with Crippen LogP contribution in [0.4, 0.5) is 11.4 Å². The second-order valence-corrected chi connectivity index (χ2v) is 25.0. The third kappa shape index (κ3) is 6.83. The molecule has 8 heterocycles. The van der Waals surface area contributed by atoms with Crippen molar-refractivity contribution in [2.45, 2.75) is 5.41 Å². The van der Waals surface area contributed by atoms with E-state index in [1.807, 2.05) is 48.8 Å². The van der Waals surface area contributed by atoms with Gasteiger partial charge in [-0.3, -0.25) is 9.97 Å². The summed E-state index contributed by atoms with van der Waals surface area (Å²) in [5.74, 6) is 1.40. The zero-order valence-electron chi connectivity index (χ0n) is 50.6. The first-order valence-electron chi connectivity index (χ1n) is 31.8. The SMILES string of the molecule is [C-]#[N+]c1ccc2c(c1)c1cc([N+]#[C-])ccc1n2-c1cnc2c(c1)C1(c3ccc(-n4c5ccccc5c5ccccc54)cc3Oc3cc(-n4c5ccccc5c5cc(-n6c7ccccc7c7ccccc76)ccc54)ccc31)c1cc(-n3c4ccccc4c4ccccc43)cnc1-2. The van der Waals surface area contributed by atoms with Crippen molar-refractivity contribution in [1.29, 1.82) is 0 Å². The van der Waals surface area contributed by atoms with Crippen molar-refractivity contribution in [2.24, 2.45) is 0 Å². The molecule has 0 N–H and O–H groups in total. The lowest BCUT2D eigenvalue weighted by Gasteiger charge is -2.39. The predicted molar refractivity (Wildman–Crippen MR) is 384 cm³/mol. The van der Waals surface area contributed by atoms with Gasteiger partial charge in [-0.05, 0) is 120 Å². The summed E-state index contributed by atoms with van der Waals surface area (Å²) in [6.07, 6.45) is 3.97. The van der Waals surface area contributed by atoms with Crippen LogP contribution in [0.3, 0.4) is 0 Å². The molecule has 0 fully saturated rings. The topological polar surface area (TPSA) is 68.4 Å². The van der Waals surface area contributed by atoms with E-state index in [0.717, 1.165) is 150 Å². The lowest BCUT2D eigenvalue weighted by Crippen LogP contribution is -2.32. The number of para-hydroxylation sites is 7. The van der Waals surface area contributed by atoms with Crippen molar-refractivity contribution in [3.63, 3.8) is 0 Å². The highest BCUT2D eigenvalue weighted by Crippen LogP contribution is 2.63. The molecule has 1 aliphatic heterocycles. The summed E-state index contributed by atoms with van der Waals surface area (Å²) in [7, 11) is 0. The van der Waals surface area contributed by atoms with Gasteiger partial charge in [0.15, 0.2) is 11.4 Å². The van der Waals surface area contributed by atoms with Gasteiger partial charge in [-0.15, -0.1) is 0 Å². The average Bonchev–Trinajstić information content (AvgIpc) is 1.56. The molecule has 1 unspecified atom stereocenters. The Bertz CT molecular complexity index is 6520. The lowest BCUT2D eigenvalue weighted by molar-refractivity contribution is 0.436. The molecule has 1 aliphatic carbocycles. The smallest absolute Gasteiger partial charge is 0.188 e. The van der Waals surface area contributed by atoms with Crippen LogP contribution in [0.2, 0.25) is 0 Å². The largest absolute Gasteiger partial charge is 0.457 e. The Balaban J connectivity index is 0.857. The minimum absolute atomic E-state index is 0.525. The van der Waals surface area contributed by atoms with E-state index in [-0.39, 0.29) is 0 Å². The molecule has 1 atom stereocenters. The van der Waals surface area contributed by atoms with Crippen molar-refractivity contribution in [2.75, 3.05) is 0 Å². The Labute approximate surface area is 542 Å². The first-order valence-corrected chi connectivity index (χ1v) is 31.8. The van der Waals surface area contributed by atoms with Crippen LogP contribution in [0.5, 0.6) is 11.5 Å². The van der Waals surface area contributed by atoms with Crippen molar-refractivity contribution < 1.29 is 4.74 Å². The fraction of sp³-hybridized carbons (Fsp3) is 0.0118. The van der Waals surface area contributed by atoms with Crippen LogP contribution in [0.25, 0.3) is 159 Å². The maximum Gasteiger partial charge on any atom is 0.188 e. The molecular formula is C85H47N9O. The quantitative estimate of drug-likeness (QED) is 0.161. The van der Waals surface area contributed by atoms with E-state index in [1.165, 1.54) is 21.5 Å². The maximum atomic E-state index is 8.06. The number of fused-ring (bicyclic) bond motifs is 24. The molecule has 95 heavy (non-hydrogen) atoms. The molecule has 0 saturated carbocycles. The van der Waals surface area contributed by atoms with Gasteiger partial charge in [0, 0.05) is 94.5 Å². The number of nitrogens with zero attached hydrogens (tertiary/aromatic N) is 9. The molecule has 21 rings (SSSR count). The Morgan fingerprint density at radius 3 is 0.905 bits per heavy atom. The van der Waals surface area contributed by atoms with E-state index in [0.29, 0.717) is 22.9 Å². The summed E-state index contributed by atoms with van der Waals surface area (Å²) in [6.45, 7) is 16.1. The van der Waals surface area contributed by atoms with Crippen molar-refractivity contribution in [3.05, 3.63) is 330 Å². The third-order valence-corrected chi connectivity index (χ3v) is 20.4. The second kappa shape index (κ2) is 18.9. The van der Waals surface area contributed by atoms with Gasteiger partial charge >= 0.3 is 0 Å². The molecule has 0 saturated heterocycles. The summed E-state index contributed by atoms with van der Waals surface area (Å²) >= 11 is 0. The first kappa shape index (κ1) is 51.5. The van der Waals surface area contributed by atoms with E-state index >= 15 is 0 Å². The number of hydrogen-bond acceptors (Lipinski definition) is 3. The summed E-state index contributed by atoms with van der Waals surface area (Å²) in [5.41, 5.74) is 20.6. The van der Waals surface area contributed by atoms with E-state index in [1.54, 1.807) is 0 Å². The molecule has 438 valence electrons. The standard InChI is InChI=1S/C85H47N9O/c1-86-50-31-38-78-64(41-50)65-42-51(87-2)32-39-79(65)94(78)56-45-70-84(89-49-56)83-69(44-55(48-88-83)93-75-28-14-7-21-61(75)62-22-8-15-29-76(62)93)85(70)67-36-33-53(91-73-26-12-5-19-59(73)60-20-6-13-27-74(60)91)46-81(67)95-82-47-54(34-37-68(82)85)92-77-30-16-9-23-63(77)66-43-52(35-40-80(66)92)90-71-24-10-3-17-57(71)58-18-4-11-25-72(58)90/h3-49H. The molecule has 10 heteroatoms. The number of benzene rings is 12. The highest BCUT2D eigenvalue weighted by molar-refractivity contribution is 6.15. The van der Waals surface area contributed by atoms with Crippen LogP contribution < -0.4 is 4.74 Å². The Hall–Kier alpha value is -13.3. The van der Waals surface area contributed by atoms with Crippen LogP contribution in [-0.4, -0.2) is 32.8 Å². The molecule has 0 radical (unpaired) electrons.